The average molecular weight is 169 g/mol. The highest BCUT2D eigenvalue weighted by atomic mass is 32.1. The molecule has 0 amide bonds. The predicted octanol–water partition coefficient (Wildman–Crippen LogP) is 1.72. The molecule has 0 aromatic heterocycles. The Hall–Kier alpha value is 0.0500. The van der Waals surface area contributed by atoms with Crippen molar-refractivity contribution in [1.29, 1.82) is 0 Å². The van der Waals surface area contributed by atoms with E-state index in [0.29, 0.717) is 5.92 Å². The zero-order chi connectivity index (χ0) is 7.68. The van der Waals surface area contributed by atoms with Gasteiger partial charge in [-0.1, -0.05) is 12.2 Å². The van der Waals surface area contributed by atoms with E-state index in [4.69, 9.17) is 12.2 Å². The van der Waals surface area contributed by atoms with Crippen molar-refractivity contribution in [3.63, 3.8) is 0 Å². The fourth-order valence-electron chi connectivity index (χ4n) is 2.34. The summed E-state index contributed by atoms with van der Waals surface area (Å²) in [6.07, 6.45) is 4.19. The molecule has 0 spiro atoms. The minimum Gasteiger partial charge on any atom is -0.303 e. The maximum atomic E-state index is 5.01. The molecule has 1 unspecified atom stereocenters. The summed E-state index contributed by atoms with van der Waals surface area (Å²) in [5.74, 6) is 1.69. The number of fused-ring (bicyclic) bond motifs is 4. The van der Waals surface area contributed by atoms with Gasteiger partial charge in [-0.25, -0.2) is 0 Å². The average Bonchev–Trinajstić information content (AvgIpc) is 2.35. The van der Waals surface area contributed by atoms with E-state index in [0.717, 1.165) is 5.92 Å². The molecule has 3 fully saturated rings. The van der Waals surface area contributed by atoms with Crippen LogP contribution < -0.4 is 0 Å². The molecule has 0 aromatic rings. The predicted molar refractivity (Wildman–Crippen MR) is 50.9 cm³/mol. The van der Waals surface area contributed by atoms with Crippen LogP contribution in [0.4, 0.5) is 0 Å². The monoisotopic (exact) mass is 169 g/mol. The molecule has 3 aliphatic rings. The van der Waals surface area contributed by atoms with Crippen LogP contribution in [0.15, 0.2) is 0 Å². The minimum absolute atomic E-state index is 0.708. The lowest BCUT2D eigenvalue weighted by atomic mass is 9.92. The zero-order valence-electron chi connectivity index (χ0n) is 6.83. The summed E-state index contributed by atoms with van der Waals surface area (Å²) in [5, 5.41) is 1.98. The van der Waals surface area contributed by atoms with E-state index in [1.807, 2.05) is 5.37 Å². The number of hydrogen-bond donors (Lipinski definition) is 0. The molecule has 0 aromatic carbocycles. The van der Waals surface area contributed by atoms with E-state index >= 15 is 0 Å². The van der Waals surface area contributed by atoms with Crippen molar-refractivity contribution in [3.05, 3.63) is 0 Å². The van der Waals surface area contributed by atoms with E-state index in [-0.39, 0.29) is 0 Å². The summed E-state index contributed by atoms with van der Waals surface area (Å²) in [5.41, 5.74) is 0. The fraction of sp³-hybridized carbons (Fsp3) is 0.889. The van der Waals surface area contributed by atoms with Crippen LogP contribution in [0.5, 0.6) is 0 Å². The molecular formula is C9H15NS. The van der Waals surface area contributed by atoms with Gasteiger partial charge in [0, 0.05) is 12.5 Å². The highest BCUT2D eigenvalue weighted by Gasteiger charge is 2.27. The number of thiocarbonyl (C=S) groups is 1. The van der Waals surface area contributed by atoms with Gasteiger partial charge < -0.3 is 4.90 Å². The van der Waals surface area contributed by atoms with Crippen LogP contribution >= 0.6 is 12.2 Å². The number of nitrogens with zero attached hydrogens (tertiary/aromatic N) is 1. The Bertz CT molecular complexity index is 136. The van der Waals surface area contributed by atoms with Gasteiger partial charge >= 0.3 is 0 Å². The lowest BCUT2D eigenvalue weighted by molar-refractivity contribution is 0.223. The second-order valence-corrected chi connectivity index (χ2v) is 4.15. The molecule has 0 radical (unpaired) electrons. The molecule has 1 nitrogen and oxygen atoms in total. The summed E-state index contributed by atoms with van der Waals surface area (Å²) in [6.45, 7) is 3.88. The molecule has 3 saturated heterocycles. The van der Waals surface area contributed by atoms with E-state index in [9.17, 15) is 0 Å². The smallest absolute Gasteiger partial charge is 0.00526 e. The second kappa shape index (κ2) is 3.20. The molecule has 3 rings (SSSR count). The molecule has 1 atom stereocenters. The van der Waals surface area contributed by atoms with Crippen LogP contribution in [0.2, 0.25) is 0 Å². The largest absolute Gasteiger partial charge is 0.303 e. The third kappa shape index (κ3) is 1.62. The standard InChI is InChI=1S/C9H15NS/c11-7-9-5-8-1-3-10(6-9)4-2-8/h7-9H,1-6H2. The zero-order valence-corrected chi connectivity index (χ0v) is 7.65. The minimum atomic E-state index is 0.708. The normalized spacial score (nSPS) is 43.5. The van der Waals surface area contributed by atoms with Crippen molar-refractivity contribution in [2.24, 2.45) is 11.8 Å². The summed E-state index contributed by atoms with van der Waals surface area (Å²) in [6, 6.07) is 0. The van der Waals surface area contributed by atoms with Gasteiger partial charge in [-0.05, 0) is 43.6 Å². The lowest BCUT2D eigenvalue weighted by Gasteiger charge is -2.26. The SMILES string of the molecule is S=CC1CC2CCN(CC2)C1. The Morgan fingerprint density at radius 2 is 2.00 bits per heavy atom. The molecule has 0 saturated carbocycles. The maximum Gasteiger partial charge on any atom is 0.00526 e. The first kappa shape index (κ1) is 7.69. The first-order valence-electron chi connectivity index (χ1n) is 4.56. The Labute approximate surface area is 73.8 Å². The quantitative estimate of drug-likeness (QED) is 0.550. The van der Waals surface area contributed by atoms with Crippen molar-refractivity contribution >= 4 is 17.6 Å². The summed E-state index contributed by atoms with van der Waals surface area (Å²) in [4.78, 5) is 2.57. The van der Waals surface area contributed by atoms with Gasteiger partial charge in [0.2, 0.25) is 0 Å². The molecule has 2 heteroatoms. The van der Waals surface area contributed by atoms with Gasteiger partial charge in [-0.15, -0.1) is 0 Å². The van der Waals surface area contributed by atoms with E-state index in [1.165, 1.54) is 38.9 Å². The summed E-state index contributed by atoms with van der Waals surface area (Å²) < 4.78 is 0. The van der Waals surface area contributed by atoms with Gasteiger partial charge in [0.25, 0.3) is 0 Å². The summed E-state index contributed by atoms with van der Waals surface area (Å²) in [7, 11) is 0. The van der Waals surface area contributed by atoms with Crippen molar-refractivity contribution in [2.75, 3.05) is 19.6 Å². The van der Waals surface area contributed by atoms with Crippen molar-refractivity contribution < 1.29 is 0 Å². The van der Waals surface area contributed by atoms with Gasteiger partial charge in [0.1, 0.15) is 0 Å². The first-order valence-corrected chi connectivity index (χ1v) is 5.03. The van der Waals surface area contributed by atoms with Crippen molar-refractivity contribution in [1.82, 2.24) is 4.90 Å². The number of piperidine rings is 1. The van der Waals surface area contributed by atoms with Gasteiger partial charge in [0.15, 0.2) is 0 Å². The Balaban J connectivity index is 2.05. The second-order valence-electron chi connectivity index (χ2n) is 3.88. The van der Waals surface area contributed by atoms with Crippen LogP contribution in [-0.4, -0.2) is 29.9 Å². The molecular weight excluding hydrogens is 154 g/mol. The van der Waals surface area contributed by atoms with Gasteiger partial charge in [0.05, 0.1) is 0 Å². The third-order valence-corrected chi connectivity index (χ3v) is 3.41. The van der Waals surface area contributed by atoms with E-state index in [2.05, 4.69) is 4.90 Å². The van der Waals surface area contributed by atoms with E-state index in [1.54, 1.807) is 0 Å². The van der Waals surface area contributed by atoms with Gasteiger partial charge in [-0.3, -0.25) is 0 Å². The van der Waals surface area contributed by atoms with E-state index < -0.39 is 0 Å². The van der Waals surface area contributed by atoms with Crippen molar-refractivity contribution in [3.8, 4) is 0 Å². The Morgan fingerprint density at radius 3 is 2.64 bits per heavy atom. The van der Waals surface area contributed by atoms with Crippen LogP contribution in [0.25, 0.3) is 0 Å². The molecule has 62 valence electrons. The fourth-order valence-corrected chi connectivity index (χ4v) is 2.53. The summed E-state index contributed by atoms with van der Waals surface area (Å²) >= 11 is 5.01. The van der Waals surface area contributed by atoms with Crippen LogP contribution in [0.3, 0.4) is 0 Å². The molecule has 11 heavy (non-hydrogen) atoms. The topological polar surface area (TPSA) is 3.24 Å². The third-order valence-electron chi connectivity index (χ3n) is 3.03. The van der Waals surface area contributed by atoms with Crippen LogP contribution in [-0.2, 0) is 0 Å². The Morgan fingerprint density at radius 1 is 1.27 bits per heavy atom. The van der Waals surface area contributed by atoms with Crippen LogP contribution in [0.1, 0.15) is 19.3 Å². The van der Waals surface area contributed by atoms with Gasteiger partial charge in [-0.2, -0.15) is 0 Å². The molecule has 3 aliphatic heterocycles. The van der Waals surface area contributed by atoms with Crippen LogP contribution in [0, 0.1) is 11.8 Å². The Kier molecular flexibility index (Phi) is 2.23. The molecule has 2 bridgehead atoms. The lowest BCUT2D eigenvalue weighted by Crippen LogP contribution is -2.31. The maximum absolute atomic E-state index is 5.01. The highest BCUT2D eigenvalue weighted by molar-refractivity contribution is 7.79. The highest BCUT2D eigenvalue weighted by Crippen LogP contribution is 2.28. The molecule has 3 heterocycles. The first-order chi connectivity index (χ1) is 5.38. The number of rotatable bonds is 1. The molecule has 0 aliphatic carbocycles. The molecule has 0 N–H and O–H groups in total. The number of hydrogen-bond acceptors (Lipinski definition) is 2. The van der Waals surface area contributed by atoms with Crippen molar-refractivity contribution in [2.45, 2.75) is 19.3 Å².